The molecule has 0 aliphatic carbocycles. The van der Waals surface area contributed by atoms with Crippen LogP contribution in [-0.2, 0) is 17.0 Å². The number of nitrogens with two attached hydrogens (primary N) is 1. The summed E-state index contributed by atoms with van der Waals surface area (Å²) in [5, 5.41) is 12.0. The van der Waals surface area contributed by atoms with E-state index in [1.165, 1.54) is 18.0 Å². The van der Waals surface area contributed by atoms with Gasteiger partial charge in [-0.15, -0.1) is 5.10 Å². The van der Waals surface area contributed by atoms with Gasteiger partial charge in [-0.2, -0.15) is 0 Å². The van der Waals surface area contributed by atoms with Gasteiger partial charge in [-0.3, -0.25) is 0 Å². The fraction of sp³-hybridized carbons (Fsp3) is 0.500. The predicted octanol–water partition coefficient (Wildman–Crippen LogP) is 0.924. The minimum Gasteiger partial charge on any atom is -0.462 e. The summed E-state index contributed by atoms with van der Waals surface area (Å²) in [6, 6.07) is 0. The van der Waals surface area contributed by atoms with Gasteiger partial charge in [0.25, 0.3) is 0 Å². The average Bonchev–Trinajstić information content (AvgIpc) is 2.93. The van der Waals surface area contributed by atoms with Crippen molar-refractivity contribution < 1.29 is 9.53 Å². The number of tetrazole rings is 1. The Bertz CT molecular complexity index is 646. The summed E-state index contributed by atoms with van der Waals surface area (Å²) in [4.78, 5) is 19.8. The first-order chi connectivity index (χ1) is 10.7. The molecule has 2 aromatic heterocycles. The van der Waals surface area contributed by atoms with Crippen molar-refractivity contribution in [2.24, 2.45) is 0 Å². The normalized spacial score (nSPS) is 10.6. The van der Waals surface area contributed by atoms with Gasteiger partial charge in [0.05, 0.1) is 12.4 Å². The number of hydrogen-bond acceptors (Lipinski definition) is 9. The molecule has 2 aromatic rings. The van der Waals surface area contributed by atoms with Crippen LogP contribution in [0.15, 0.2) is 11.4 Å². The molecule has 0 aliphatic rings. The Hall–Kier alpha value is -2.23. The van der Waals surface area contributed by atoms with Crippen LogP contribution in [0, 0.1) is 0 Å². The highest BCUT2D eigenvalue weighted by atomic mass is 32.2. The van der Waals surface area contributed by atoms with Gasteiger partial charge < -0.3 is 10.5 Å². The molecule has 10 heteroatoms. The van der Waals surface area contributed by atoms with Crippen molar-refractivity contribution >= 4 is 23.5 Å². The van der Waals surface area contributed by atoms with E-state index in [9.17, 15) is 4.79 Å². The van der Waals surface area contributed by atoms with Crippen LogP contribution < -0.4 is 5.73 Å². The van der Waals surface area contributed by atoms with Crippen LogP contribution in [0.5, 0.6) is 0 Å². The lowest BCUT2D eigenvalue weighted by atomic mass is 10.3. The second kappa shape index (κ2) is 7.69. The van der Waals surface area contributed by atoms with Crippen molar-refractivity contribution in [3.63, 3.8) is 0 Å². The van der Waals surface area contributed by atoms with E-state index in [2.05, 4.69) is 32.4 Å². The first-order valence-corrected chi connectivity index (χ1v) is 7.81. The second-order valence-electron chi connectivity index (χ2n) is 4.28. The summed E-state index contributed by atoms with van der Waals surface area (Å²) in [6.45, 7) is 4.80. The van der Waals surface area contributed by atoms with E-state index in [4.69, 9.17) is 10.5 Å². The van der Waals surface area contributed by atoms with Crippen molar-refractivity contribution in [1.82, 2.24) is 30.2 Å². The topological polar surface area (TPSA) is 122 Å². The van der Waals surface area contributed by atoms with E-state index in [0.29, 0.717) is 10.9 Å². The van der Waals surface area contributed by atoms with Crippen molar-refractivity contribution in [3.8, 4) is 0 Å². The maximum Gasteiger partial charge on any atom is 0.343 e. The van der Waals surface area contributed by atoms with Crippen LogP contribution in [0.4, 0.5) is 5.82 Å². The molecule has 0 spiro atoms. The molecule has 2 heterocycles. The maximum atomic E-state index is 11.6. The van der Waals surface area contributed by atoms with Crippen molar-refractivity contribution in [3.05, 3.63) is 17.6 Å². The fourth-order valence-corrected chi connectivity index (χ4v) is 2.41. The first-order valence-electron chi connectivity index (χ1n) is 6.83. The lowest BCUT2D eigenvalue weighted by Gasteiger charge is -2.06. The molecule has 2 rings (SSSR count). The molecule has 0 amide bonds. The number of aromatic nitrogens is 6. The monoisotopic (exact) mass is 323 g/mol. The third kappa shape index (κ3) is 3.91. The zero-order valence-electron chi connectivity index (χ0n) is 12.4. The number of esters is 1. The molecule has 0 aliphatic heterocycles. The van der Waals surface area contributed by atoms with E-state index < -0.39 is 5.97 Å². The third-order valence-corrected chi connectivity index (χ3v) is 3.52. The summed E-state index contributed by atoms with van der Waals surface area (Å²) >= 11 is 1.35. The smallest absolute Gasteiger partial charge is 0.343 e. The largest absolute Gasteiger partial charge is 0.462 e. The highest BCUT2D eigenvalue weighted by Gasteiger charge is 2.14. The quantitative estimate of drug-likeness (QED) is 0.450. The second-order valence-corrected chi connectivity index (χ2v) is 5.22. The molecular formula is C12H17N7O2S. The number of anilines is 1. The molecule has 0 saturated carbocycles. The Kier molecular flexibility index (Phi) is 5.64. The van der Waals surface area contributed by atoms with Gasteiger partial charge in [-0.1, -0.05) is 18.7 Å². The molecule has 9 nitrogen and oxygen atoms in total. The summed E-state index contributed by atoms with van der Waals surface area (Å²) in [5.41, 5.74) is 5.94. The fourth-order valence-electron chi connectivity index (χ4n) is 1.65. The highest BCUT2D eigenvalue weighted by molar-refractivity contribution is 7.98. The number of nitrogens with zero attached hydrogens (tertiary/aromatic N) is 6. The lowest BCUT2D eigenvalue weighted by Crippen LogP contribution is -2.10. The average molecular weight is 323 g/mol. The van der Waals surface area contributed by atoms with Gasteiger partial charge >= 0.3 is 5.97 Å². The zero-order chi connectivity index (χ0) is 15.9. The summed E-state index contributed by atoms with van der Waals surface area (Å²) in [5.74, 6) is 0.835. The van der Waals surface area contributed by atoms with Crippen LogP contribution in [0.25, 0.3) is 0 Å². The summed E-state index contributed by atoms with van der Waals surface area (Å²) < 4.78 is 6.61. The van der Waals surface area contributed by atoms with Gasteiger partial charge in [0, 0.05) is 12.7 Å². The minimum absolute atomic E-state index is 0.101. The number of thioether (sulfide) groups is 1. The number of aryl methyl sites for hydroxylation is 1. The van der Waals surface area contributed by atoms with Gasteiger partial charge in [-0.05, 0) is 23.8 Å². The van der Waals surface area contributed by atoms with E-state index in [-0.39, 0.29) is 18.0 Å². The summed E-state index contributed by atoms with van der Waals surface area (Å²) in [6.07, 6.45) is 2.32. The van der Waals surface area contributed by atoms with Crippen LogP contribution in [0.2, 0.25) is 0 Å². The van der Waals surface area contributed by atoms with Crippen LogP contribution in [0.3, 0.4) is 0 Å². The number of carbonyl (C=O) groups is 1. The van der Waals surface area contributed by atoms with E-state index in [0.717, 1.165) is 18.8 Å². The molecule has 0 unspecified atom stereocenters. The molecular weight excluding hydrogens is 306 g/mol. The highest BCUT2D eigenvalue weighted by Crippen LogP contribution is 2.20. The van der Waals surface area contributed by atoms with Crippen molar-refractivity contribution in [1.29, 1.82) is 0 Å². The van der Waals surface area contributed by atoms with Gasteiger partial charge in [-0.25, -0.2) is 19.4 Å². The lowest BCUT2D eigenvalue weighted by molar-refractivity contribution is 0.0526. The zero-order valence-corrected chi connectivity index (χ0v) is 13.2. The molecule has 0 bridgehead atoms. The number of ether oxygens (including phenoxy) is 1. The Morgan fingerprint density at radius 2 is 2.27 bits per heavy atom. The maximum absolute atomic E-state index is 11.6. The Labute approximate surface area is 131 Å². The molecule has 0 fully saturated rings. The summed E-state index contributed by atoms with van der Waals surface area (Å²) in [7, 11) is 0. The molecule has 0 aromatic carbocycles. The first kappa shape index (κ1) is 16.1. The molecule has 118 valence electrons. The number of carbonyl (C=O) groups excluding carboxylic acids is 1. The minimum atomic E-state index is -0.525. The molecule has 0 atom stereocenters. The Morgan fingerprint density at radius 1 is 1.45 bits per heavy atom. The number of nitrogen functional groups attached to an aromatic ring is 1. The van der Waals surface area contributed by atoms with Gasteiger partial charge in [0.1, 0.15) is 11.4 Å². The van der Waals surface area contributed by atoms with Crippen LogP contribution in [-0.4, -0.2) is 42.8 Å². The Morgan fingerprint density at radius 3 is 2.95 bits per heavy atom. The molecule has 2 N–H and O–H groups in total. The number of rotatable bonds is 7. The van der Waals surface area contributed by atoms with Crippen LogP contribution >= 0.6 is 11.8 Å². The van der Waals surface area contributed by atoms with E-state index >= 15 is 0 Å². The molecule has 0 saturated heterocycles. The predicted molar refractivity (Wildman–Crippen MR) is 80.1 cm³/mol. The van der Waals surface area contributed by atoms with Gasteiger partial charge in [0.15, 0.2) is 11.0 Å². The SMILES string of the molecule is CCCn1nnnc1CSc1ncc(C(=O)OCC)c(N)n1. The molecule has 0 radical (unpaired) electrons. The number of hydrogen-bond donors (Lipinski definition) is 1. The van der Waals surface area contributed by atoms with Crippen molar-refractivity contribution in [2.45, 2.75) is 37.7 Å². The van der Waals surface area contributed by atoms with E-state index in [1.807, 2.05) is 0 Å². The van der Waals surface area contributed by atoms with Crippen LogP contribution in [0.1, 0.15) is 36.5 Å². The standard InChI is InChI=1S/C12H17N7O2S/c1-3-5-19-9(16-17-18-19)7-22-12-14-6-8(10(13)15-12)11(20)21-4-2/h6H,3-5,7H2,1-2H3,(H2,13,14,15). The van der Waals surface area contributed by atoms with Crippen molar-refractivity contribution in [2.75, 3.05) is 12.3 Å². The molecule has 22 heavy (non-hydrogen) atoms. The third-order valence-electron chi connectivity index (χ3n) is 2.66. The van der Waals surface area contributed by atoms with Gasteiger partial charge in [0.2, 0.25) is 0 Å². The van der Waals surface area contributed by atoms with E-state index in [1.54, 1.807) is 11.6 Å². The Balaban J connectivity index is 2.03.